The number of aromatic nitrogens is 1. The molecule has 2 rings (SSSR count). The van der Waals surface area contributed by atoms with Crippen LogP contribution in [0.3, 0.4) is 0 Å². The molecule has 10 heteroatoms. The van der Waals surface area contributed by atoms with Crippen LogP contribution in [0, 0.1) is 0 Å². The van der Waals surface area contributed by atoms with Crippen LogP contribution >= 0.6 is 26.5 Å². The lowest BCUT2D eigenvalue weighted by molar-refractivity contribution is -0.142. The standard InChI is InChI=1S/C15H21BrN2O6S/c1-2-23-14(19)8-12-13(7-10(16)9-17-12)18-15(20)24-11-3-5-25(21,22)6-4-11/h7,9,11,21-22H,2-6,8H2,1H3,(H,18,20). The number of hydrogen-bond acceptors (Lipinski definition) is 7. The molecule has 0 unspecified atom stereocenters. The molecule has 25 heavy (non-hydrogen) atoms. The first-order valence-corrected chi connectivity index (χ1v) is 10.5. The van der Waals surface area contributed by atoms with Gasteiger partial charge in [-0.15, -0.1) is 0 Å². The van der Waals surface area contributed by atoms with Crippen LogP contribution in [0.25, 0.3) is 0 Å². The Morgan fingerprint density at radius 2 is 2.08 bits per heavy atom. The molecule has 0 radical (unpaired) electrons. The predicted molar refractivity (Wildman–Crippen MR) is 98.0 cm³/mol. The van der Waals surface area contributed by atoms with E-state index in [9.17, 15) is 18.7 Å². The van der Waals surface area contributed by atoms with Crippen LogP contribution < -0.4 is 5.32 Å². The van der Waals surface area contributed by atoms with Crippen molar-refractivity contribution in [2.24, 2.45) is 0 Å². The third kappa shape index (κ3) is 6.46. The Labute approximate surface area is 155 Å². The van der Waals surface area contributed by atoms with E-state index in [2.05, 4.69) is 26.2 Å². The third-order valence-electron chi connectivity index (χ3n) is 3.60. The molecular weight excluding hydrogens is 416 g/mol. The normalized spacial score (nSPS) is 18.2. The molecule has 0 bridgehead atoms. The maximum Gasteiger partial charge on any atom is 0.411 e. The zero-order valence-corrected chi connectivity index (χ0v) is 16.1. The molecule has 8 nitrogen and oxygen atoms in total. The molecule has 0 saturated carbocycles. The number of carbonyl (C=O) groups is 2. The van der Waals surface area contributed by atoms with Gasteiger partial charge in [-0.2, -0.15) is 10.6 Å². The zero-order chi connectivity index (χ0) is 18.4. The Balaban J connectivity index is 1.97. The number of carbonyl (C=O) groups excluding carboxylic acids is 2. The third-order valence-corrected chi connectivity index (χ3v) is 5.81. The number of halogens is 1. The summed E-state index contributed by atoms with van der Waals surface area (Å²) in [7, 11) is -2.52. The predicted octanol–water partition coefficient (Wildman–Crippen LogP) is 3.41. The molecule has 1 fully saturated rings. The lowest BCUT2D eigenvalue weighted by Crippen LogP contribution is -2.30. The summed E-state index contributed by atoms with van der Waals surface area (Å²) in [5, 5.41) is 2.59. The number of hydrogen-bond donors (Lipinski definition) is 3. The summed E-state index contributed by atoms with van der Waals surface area (Å²) in [6.45, 7) is 1.98. The summed E-state index contributed by atoms with van der Waals surface area (Å²) >= 11 is 3.27. The van der Waals surface area contributed by atoms with Gasteiger partial charge in [-0.25, -0.2) is 4.79 Å². The van der Waals surface area contributed by atoms with Crippen molar-refractivity contribution < 1.29 is 28.2 Å². The Bertz CT molecular complexity index is 632. The number of nitrogens with zero attached hydrogens (tertiary/aromatic N) is 1. The largest absolute Gasteiger partial charge is 0.466 e. The molecule has 140 valence electrons. The van der Waals surface area contributed by atoms with Gasteiger partial charge in [0.1, 0.15) is 6.10 Å². The first-order chi connectivity index (χ1) is 11.8. The smallest absolute Gasteiger partial charge is 0.411 e. The molecule has 1 aliphatic rings. The van der Waals surface area contributed by atoms with Gasteiger partial charge in [0, 0.05) is 35.0 Å². The minimum absolute atomic E-state index is 0.0684. The van der Waals surface area contributed by atoms with Crippen LogP contribution in [0.15, 0.2) is 16.7 Å². The summed E-state index contributed by atoms with van der Waals surface area (Å²) < 4.78 is 30.0. The van der Waals surface area contributed by atoms with E-state index in [1.165, 1.54) is 6.20 Å². The van der Waals surface area contributed by atoms with Crippen LogP contribution in [0.4, 0.5) is 10.5 Å². The Morgan fingerprint density at radius 1 is 1.40 bits per heavy atom. The van der Waals surface area contributed by atoms with E-state index in [0.717, 1.165) is 0 Å². The van der Waals surface area contributed by atoms with Crippen molar-refractivity contribution in [3.63, 3.8) is 0 Å². The van der Waals surface area contributed by atoms with Gasteiger partial charge < -0.3 is 9.47 Å². The van der Waals surface area contributed by atoms with Gasteiger partial charge in [0.2, 0.25) is 0 Å². The number of esters is 1. The van der Waals surface area contributed by atoms with Gasteiger partial charge >= 0.3 is 12.1 Å². The molecule has 0 spiro atoms. The van der Waals surface area contributed by atoms with Gasteiger partial charge in [-0.3, -0.25) is 24.2 Å². The fourth-order valence-electron chi connectivity index (χ4n) is 2.36. The van der Waals surface area contributed by atoms with Crippen LogP contribution in [-0.4, -0.2) is 50.4 Å². The molecule has 1 aromatic rings. The van der Waals surface area contributed by atoms with E-state index in [1.54, 1.807) is 13.0 Å². The van der Waals surface area contributed by atoms with E-state index in [-0.39, 0.29) is 30.6 Å². The lowest BCUT2D eigenvalue weighted by Gasteiger charge is -2.38. The molecule has 1 amide bonds. The Morgan fingerprint density at radius 3 is 2.72 bits per heavy atom. The minimum atomic E-state index is -2.52. The number of anilines is 1. The van der Waals surface area contributed by atoms with E-state index < -0.39 is 22.7 Å². The fraction of sp³-hybridized carbons (Fsp3) is 0.533. The summed E-state index contributed by atoms with van der Waals surface area (Å²) in [5.41, 5.74) is 0.726. The van der Waals surface area contributed by atoms with Gasteiger partial charge in [-0.1, -0.05) is 0 Å². The number of rotatable bonds is 5. The van der Waals surface area contributed by atoms with E-state index >= 15 is 0 Å². The van der Waals surface area contributed by atoms with Crippen LogP contribution in [0.1, 0.15) is 25.5 Å². The molecule has 2 heterocycles. The summed E-state index contributed by atoms with van der Waals surface area (Å²) in [6, 6.07) is 1.63. The topological polar surface area (TPSA) is 118 Å². The summed E-state index contributed by atoms with van der Waals surface area (Å²) in [4.78, 5) is 27.9. The van der Waals surface area contributed by atoms with Gasteiger partial charge in [-0.05, 0) is 28.9 Å². The quantitative estimate of drug-likeness (QED) is 0.604. The van der Waals surface area contributed by atoms with Crippen molar-refractivity contribution in [3.05, 3.63) is 22.4 Å². The summed E-state index contributed by atoms with van der Waals surface area (Å²) in [5.74, 6) is 0.0286. The average molecular weight is 437 g/mol. The fourth-order valence-corrected chi connectivity index (χ4v) is 4.18. The molecule has 1 aliphatic heterocycles. The summed E-state index contributed by atoms with van der Waals surface area (Å²) in [6.07, 6.45) is 1.23. The van der Waals surface area contributed by atoms with Crippen molar-refractivity contribution in [1.29, 1.82) is 0 Å². The molecular formula is C15H21BrN2O6S. The van der Waals surface area contributed by atoms with Crippen LogP contribution in [-0.2, 0) is 20.7 Å². The Hall–Kier alpha value is -1.36. The van der Waals surface area contributed by atoms with Crippen molar-refractivity contribution >= 4 is 44.3 Å². The van der Waals surface area contributed by atoms with Crippen molar-refractivity contribution in [2.45, 2.75) is 32.3 Å². The molecule has 1 saturated heterocycles. The second-order valence-electron chi connectivity index (χ2n) is 5.57. The van der Waals surface area contributed by atoms with Gasteiger partial charge in [0.15, 0.2) is 0 Å². The second-order valence-corrected chi connectivity index (χ2v) is 8.91. The molecule has 0 aromatic carbocycles. The zero-order valence-electron chi connectivity index (χ0n) is 13.7. The second kappa shape index (κ2) is 8.84. The number of amides is 1. The number of nitrogens with one attached hydrogen (secondary N) is 1. The number of ether oxygens (including phenoxy) is 2. The van der Waals surface area contributed by atoms with Crippen LogP contribution in [0.5, 0.6) is 0 Å². The maximum absolute atomic E-state index is 12.1. The van der Waals surface area contributed by atoms with E-state index in [1.807, 2.05) is 0 Å². The molecule has 0 atom stereocenters. The lowest BCUT2D eigenvalue weighted by atomic mass is 10.2. The minimum Gasteiger partial charge on any atom is -0.466 e. The SMILES string of the molecule is CCOC(=O)Cc1ncc(Br)cc1NC(=O)OC1CCS(O)(O)CC1. The highest BCUT2D eigenvalue weighted by molar-refractivity contribution is 9.10. The van der Waals surface area contributed by atoms with Gasteiger partial charge in [0.25, 0.3) is 0 Å². The average Bonchev–Trinajstić information content (AvgIpc) is 2.52. The van der Waals surface area contributed by atoms with E-state index in [0.29, 0.717) is 28.7 Å². The van der Waals surface area contributed by atoms with Crippen molar-refractivity contribution in [2.75, 3.05) is 23.4 Å². The monoisotopic (exact) mass is 436 g/mol. The molecule has 3 N–H and O–H groups in total. The van der Waals surface area contributed by atoms with E-state index in [4.69, 9.17) is 9.47 Å². The highest BCUT2D eigenvalue weighted by atomic mass is 79.9. The van der Waals surface area contributed by atoms with Crippen LogP contribution in [0.2, 0.25) is 0 Å². The van der Waals surface area contributed by atoms with Crippen molar-refractivity contribution in [3.8, 4) is 0 Å². The first kappa shape index (κ1) is 20.0. The number of pyridine rings is 1. The molecule has 0 aliphatic carbocycles. The highest BCUT2D eigenvalue weighted by Crippen LogP contribution is 2.44. The van der Waals surface area contributed by atoms with Crippen molar-refractivity contribution in [1.82, 2.24) is 4.98 Å². The highest BCUT2D eigenvalue weighted by Gasteiger charge is 2.27. The first-order valence-electron chi connectivity index (χ1n) is 7.80. The maximum atomic E-state index is 12.1. The molecule has 1 aromatic heterocycles. The van der Waals surface area contributed by atoms with Gasteiger partial charge in [0.05, 0.1) is 24.4 Å². The Kier molecular flexibility index (Phi) is 7.05.